The van der Waals surface area contributed by atoms with Crippen LogP contribution in [0.3, 0.4) is 0 Å². The van der Waals surface area contributed by atoms with E-state index in [1.54, 1.807) is 13.3 Å². The molecular weight excluding hydrogens is 320 g/mol. The maximum absolute atomic E-state index is 11.9. The standard InChI is InChI=1S/C19H26N2O4/c1-19(2,3)16(22)12-20-17(23)9-10-18-21-11-15(25-18)13-5-7-14(24-4)8-6-13/h5-8,11,16,22H,9-10,12H2,1-4H3,(H,20,23). The average Bonchev–Trinajstić information content (AvgIpc) is 3.06. The summed E-state index contributed by atoms with van der Waals surface area (Å²) in [6.45, 7) is 6.02. The van der Waals surface area contributed by atoms with Crippen molar-refractivity contribution >= 4 is 5.91 Å². The lowest BCUT2D eigenvalue weighted by molar-refractivity contribution is -0.121. The van der Waals surface area contributed by atoms with Gasteiger partial charge in [0.05, 0.1) is 19.4 Å². The number of aryl methyl sites for hydroxylation is 1. The maximum Gasteiger partial charge on any atom is 0.220 e. The molecule has 1 amide bonds. The van der Waals surface area contributed by atoms with E-state index in [1.165, 1.54) is 0 Å². The second kappa shape index (κ2) is 8.16. The van der Waals surface area contributed by atoms with E-state index in [0.29, 0.717) is 18.1 Å². The smallest absolute Gasteiger partial charge is 0.220 e. The quantitative estimate of drug-likeness (QED) is 0.805. The van der Waals surface area contributed by atoms with Gasteiger partial charge in [0, 0.05) is 24.9 Å². The van der Waals surface area contributed by atoms with Crippen molar-refractivity contribution in [1.82, 2.24) is 10.3 Å². The Labute approximate surface area is 148 Å². The van der Waals surface area contributed by atoms with Gasteiger partial charge in [-0.05, 0) is 29.7 Å². The van der Waals surface area contributed by atoms with Gasteiger partial charge in [-0.2, -0.15) is 0 Å². The van der Waals surface area contributed by atoms with Gasteiger partial charge in [0.1, 0.15) is 5.75 Å². The number of carbonyl (C=O) groups is 1. The van der Waals surface area contributed by atoms with Crippen molar-refractivity contribution in [3.05, 3.63) is 36.4 Å². The highest BCUT2D eigenvalue weighted by Gasteiger charge is 2.22. The number of aromatic nitrogens is 1. The van der Waals surface area contributed by atoms with Gasteiger partial charge in [0.2, 0.25) is 5.91 Å². The molecule has 0 radical (unpaired) electrons. The number of ether oxygens (including phenoxy) is 1. The van der Waals surface area contributed by atoms with E-state index in [0.717, 1.165) is 11.3 Å². The van der Waals surface area contributed by atoms with E-state index >= 15 is 0 Å². The molecule has 1 unspecified atom stereocenters. The summed E-state index contributed by atoms with van der Waals surface area (Å²) in [5.74, 6) is 1.81. The second-order valence-corrected chi connectivity index (χ2v) is 7.03. The van der Waals surface area contributed by atoms with Crippen LogP contribution < -0.4 is 10.1 Å². The van der Waals surface area contributed by atoms with Gasteiger partial charge in [-0.25, -0.2) is 4.98 Å². The number of methoxy groups -OCH3 is 1. The topological polar surface area (TPSA) is 84.6 Å². The Morgan fingerprint density at radius 2 is 2.00 bits per heavy atom. The van der Waals surface area contributed by atoms with E-state index < -0.39 is 6.10 Å². The van der Waals surface area contributed by atoms with Crippen LogP contribution in [0.1, 0.15) is 33.1 Å². The Hall–Kier alpha value is -2.34. The molecule has 2 rings (SSSR count). The fourth-order valence-corrected chi connectivity index (χ4v) is 2.14. The molecule has 2 aromatic rings. The third-order valence-electron chi connectivity index (χ3n) is 3.99. The van der Waals surface area contributed by atoms with Crippen LogP contribution in [0.25, 0.3) is 11.3 Å². The van der Waals surface area contributed by atoms with Crippen molar-refractivity contribution in [2.24, 2.45) is 5.41 Å². The molecule has 1 aromatic carbocycles. The number of nitrogens with one attached hydrogen (secondary N) is 1. The van der Waals surface area contributed by atoms with Gasteiger partial charge in [-0.1, -0.05) is 20.8 Å². The molecule has 136 valence electrons. The molecule has 25 heavy (non-hydrogen) atoms. The van der Waals surface area contributed by atoms with Gasteiger partial charge in [0.15, 0.2) is 11.7 Å². The summed E-state index contributed by atoms with van der Waals surface area (Å²) in [5.41, 5.74) is 0.639. The normalized spacial score (nSPS) is 12.7. The summed E-state index contributed by atoms with van der Waals surface area (Å²) >= 11 is 0. The molecule has 0 aliphatic carbocycles. The first-order chi connectivity index (χ1) is 11.8. The summed E-state index contributed by atoms with van der Waals surface area (Å²) in [7, 11) is 1.62. The monoisotopic (exact) mass is 346 g/mol. The number of hydrogen-bond donors (Lipinski definition) is 2. The van der Waals surface area contributed by atoms with Crippen LogP contribution in [0, 0.1) is 5.41 Å². The largest absolute Gasteiger partial charge is 0.497 e. The summed E-state index contributed by atoms with van der Waals surface area (Å²) in [6.07, 6.45) is 1.74. The zero-order valence-corrected chi connectivity index (χ0v) is 15.2. The molecule has 0 bridgehead atoms. The van der Waals surface area contributed by atoms with Crippen LogP contribution >= 0.6 is 0 Å². The minimum Gasteiger partial charge on any atom is -0.497 e. The van der Waals surface area contributed by atoms with Crippen molar-refractivity contribution in [3.8, 4) is 17.1 Å². The highest BCUT2D eigenvalue weighted by Crippen LogP contribution is 2.23. The first-order valence-corrected chi connectivity index (χ1v) is 8.33. The first-order valence-electron chi connectivity index (χ1n) is 8.33. The van der Waals surface area contributed by atoms with E-state index in [1.807, 2.05) is 45.0 Å². The van der Waals surface area contributed by atoms with Crippen molar-refractivity contribution in [3.63, 3.8) is 0 Å². The van der Waals surface area contributed by atoms with Gasteiger partial charge in [-0.15, -0.1) is 0 Å². The Morgan fingerprint density at radius 1 is 1.32 bits per heavy atom. The van der Waals surface area contributed by atoms with Crippen LogP contribution in [-0.2, 0) is 11.2 Å². The van der Waals surface area contributed by atoms with Crippen LogP contribution in [0.5, 0.6) is 5.75 Å². The number of hydrogen-bond acceptors (Lipinski definition) is 5. The molecule has 0 spiro atoms. The maximum atomic E-state index is 11.9. The lowest BCUT2D eigenvalue weighted by Crippen LogP contribution is -2.39. The summed E-state index contributed by atoms with van der Waals surface area (Å²) in [6, 6.07) is 7.49. The van der Waals surface area contributed by atoms with Crippen LogP contribution in [0.2, 0.25) is 0 Å². The number of amides is 1. The lowest BCUT2D eigenvalue weighted by atomic mass is 9.89. The van der Waals surface area contributed by atoms with E-state index in [4.69, 9.17) is 9.15 Å². The molecule has 2 N–H and O–H groups in total. The number of rotatable bonds is 7. The molecule has 6 heteroatoms. The SMILES string of the molecule is COc1ccc(-c2cnc(CCC(=O)NCC(O)C(C)(C)C)o2)cc1. The number of benzene rings is 1. The number of nitrogens with zero attached hydrogens (tertiary/aromatic N) is 1. The minimum atomic E-state index is -0.583. The Balaban J connectivity index is 1.83. The first kappa shape index (κ1) is 19.0. The zero-order chi connectivity index (χ0) is 18.4. The van der Waals surface area contributed by atoms with Gasteiger partial charge >= 0.3 is 0 Å². The van der Waals surface area contributed by atoms with Gasteiger partial charge < -0.3 is 19.6 Å². The van der Waals surface area contributed by atoms with E-state index in [2.05, 4.69) is 10.3 Å². The van der Waals surface area contributed by atoms with Crippen LogP contribution in [0.4, 0.5) is 0 Å². The third kappa shape index (κ3) is 5.60. The van der Waals surface area contributed by atoms with Crippen molar-refractivity contribution < 1.29 is 19.1 Å². The number of carbonyl (C=O) groups excluding carboxylic acids is 1. The third-order valence-corrected chi connectivity index (χ3v) is 3.99. The molecule has 1 aromatic heterocycles. The van der Waals surface area contributed by atoms with Gasteiger partial charge in [-0.3, -0.25) is 4.79 Å². The predicted octanol–water partition coefficient (Wildman–Crippen LogP) is 2.81. The molecule has 0 saturated carbocycles. The molecule has 0 aliphatic rings. The lowest BCUT2D eigenvalue weighted by Gasteiger charge is -2.25. The molecular formula is C19H26N2O4. The number of aliphatic hydroxyl groups excluding tert-OH is 1. The van der Waals surface area contributed by atoms with E-state index in [9.17, 15) is 9.90 Å². The van der Waals surface area contributed by atoms with Crippen LogP contribution in [0.15, 0.2) is 34.9 Å². The Morgan fingerprint density at radius 3 is 2.60 bits per heavy atom. The summed E-state index contributed by atoms with van der Waals surface area (Å²) in [4.78, 5) is 16.1. The second-order valence-electron chi connectivity index (χ2n) is 7.03. The highest BCUT2D eigenvalue weighted by molar-refractivity contribution is 5.76. The predicted molar refractivity (Wildman–Crippen MR) is 95.3 cm³/mol. The summed E-state index contributed by atoms with van der Waals surface area (Å²) < 4.78 is 10.8. The number of oxazole rings is 1. The van der Waals surface area contributed by atoms with Crippen LogP contribution in [-0.4, -0.2) is 35.8 Å². The molecule has 0 aliphatic heterocycles. The average molecular weight is 346 g/mol. The van der Waals surface area contributed by atoms with Crippen molar-refractivity contribution in [2.75, 3.05) is 13.7 Å². The van der Waals surface area contributed by atoms with E-state index in [-0.39, 0.29) is 24.3 Å². The highest BCUT2D eigenvalue weighted by atomic mass is 16.5. The molecule has 6 nitrogen and oxygen atoms in total. The molecule has 0 saturated heterocycles. The number of aliphatic hydroxyl groups is 1. The molecule has 1 atom stereocenters. The fourth-order valence-electron chi connectivity index (χ4n) is 2.14. The zero-order valence-electron chi connectivity index (χ0n) is 15.2. The Bertz CT molecular complexity index is 686. The Kier molecular flexibility index (Phi) is 6.20. The minimum absolute atomic E-state index is 0.132. The van der Waals surface area contributed by atoms with Crippen molar-refractivity contribution in [1.29, 1.82) is 0 Å². The molecule has 1 heterocycles. The molecule has 0 fully saturated rings. The fraction of sp³-hybridized carbons (Fsp3) is 0.474. The van der Waals surface area contributed by atoms with Crippen molar-refractivity contribution in [2.45, 2.75) is 39.7 Å². The summed E-state index contributed by atoms with van der Waals surface area (Å²) in [5, 5.41) is 12.7. The van der Waals surface area contributed by atoms with Gasteiger partial charge in [0.25, 0.3) is 0 Å².